The zero-order valence-electron chi connectivity index (χ0n) is 17.0. The van der Waals surface area contributed by atoms with E-state index in [1.54, 1.807) is 0 Å². The van der Waals surface area contributed by atoms with Gasteiger partial charge in [0.1, 0.15) is 4.88 Å². The SMILES string of the molecule is C=CC1(C)c2c(sc(C=CC)c2C)-c2c3ccccc3cc[n+]2C1(C)CC. The molecule has 1 aliphatic heterocycles. The molecule has 27 heavy (non-hydrogen) atoms. The number of hydrogen-bond acceptors (Lipinski definition) is 1. The third-order valence-corrected chi connectivity index (χ3v) is 8.11. The van der Waals surface area contributed by atoms with Crippen molar-refractivity contribution in [3.8, 4) is 10.6 Å². The number of nitrogens with zero attached hydrogens (tertiary/aromatic N) is 1. The summed E-state index contributed by atoms with van der Waals surface area (Å²) in [5.41, 5.74) is 4.01. The quantitative estimate of drug-likeness (QED) is 0.351. The lowest BCUT2D eigenvalue weighted by Gasteiger charge is -2.44. The number of hydrogen-bond donors (Lipinski definition) is 0. The molecule has 0 bridgehead atoms. The highest BCUT2D eigenvalue weighted by Crippen LogP contribution is 2.54. The standard InChI is InChI=1S/C25H28NS/c1-7-12-20-17(4)21-23(27-20)22-19-14-11-10-13-18(19)15-16-26(22)25(6,9-3)24(21,5)8-2/h7-8,10-16H,2,9H2,1,3-6H3/q+1. The van der Waals surface area contributed by atoms with Gasteiger partial charge in [-0.25, -0.2) is 0 Å². The molecule has 0 aliphatic carbocycles. The molecule has 0 spiro atoms. The summed E-state index contributed by atoms with van der Waals surface area (Å²) in [6.07, 6.45) is 9.90. The van der Waals surface area contributed by atoms with E-state index in [2.05, 4.69) is 101 Å². The van der Waals surface area contributed by atoms with Gasteiger partial charge in [0.05, 0.1) is 10.8 Å². The molecule has 0 amide bonds. The van der Waals surface area contributed by atoms with Crippen LogP contribution in [0.3, 0.4) is 0 Å². The molecule has 2 aromatic heterocycles. The number of benzene rings is 1. The Morgan fingerprint density at radius 1 is 1.19 bits per heavy atom. The van der Waals surface area contributed by atoms with E-state index in [0.29, 0.717) is 0 Å². The van der Waals surface area contributed by atoms with Gasteiger partial charge >= 0.3 is 0 Å². The largest absolute Gasteiger partial charge is 0.231 e. The van der Waals surface area contributed by atoms with E-state index < -0.39 is 0 Å². The molecule has 0 radical (unpaired) electrons. The first-order chi connectivity index (χ1) is 12.9. The molecule has 0 saturated heterocycles. The van der Waals surface area contributed by atoms with Crippen LogP contribution in [-0.2, 0) is 11.0 Å². The number of thiophene rings is 1. The fourth-order valence-corrected chi connectivity index (χ4v) is 6.32. The molecule has 1 nitrogen and oxygen atoms in total. The van der Waals surface area contributed by atoms with E-state index in [0.717, 1.165) is 6.42 Å². The van der Waals surface area contributed by atoms with Crippen LogP contribution in [0.25, 0.3) is 27.4 Å². The maximum Gasteiger partial charge on any atom is 0.231 e. The summed E-state index contributed by atoms with van der Waals surface area (Å²) in [6.45, 7) is 15.7. The van der Waals surface area contributed by atoms with Crippen molar-refractivity contribution < 1.29 is 4.57 Å². The van der Waals surface area contributed by atoms with Gasteiger partial charge in [0.15, 0.2) is 11.7 Å². The fraction of sp³-hybridized carbons (Fsp3) is 0.320. The second-order valence-corrected chi connectivity index (χ2v) is 9.00. The minimum absolute atomic E-state index is 0.0693. The molecule has 0 fully saturated rings. The fourth-order valence-electron chi connectivity index (χ4n) is 4.87. The number of rotatable bonds is 3. The van der Waals surface area contributed by atoms with Crippen molar-refractivity contribution in [2.24, 2.45) is 0 Å². The summed E-state index contributed by atoms with van der Waals surface area (Å²) in [7, 11) is 0. The van der Waals surface area contributed by atoms with Crippen LogP contribution in [0.5, 0.6) is 0 Å². The molecule has 138 valence electrons. The minimum Gasteiger partial charge on any atom is -0.191 e. The molecule has 0 N–H and O–H groups in total. The number of allylic oxidation sites excluding steroid dienone is 2. The second kappa shape index (κ2) is 6.17. The van der Waals surface area contributed by atoms with Gasteiger partial charge in [-0.1, -0.05) is 37.3 Å². The molecule has 4 rings (SSSR count). The zero-order valence-corrected chi connectivity index (χ0v) is 17.8. The van der Waals surface area contributed by atoms with E-state index in [-0.39, 0.29) is 11.0 Å². The smallest absolute Gasteiger partial charge is 0.191 e. The first kappa shape index (κ1) is 18.2. The van der Waals surface area contributed by atoms with Crippen molar-refractivity contribution in [2.75, 3.05) is 0 Å². The van der Waals surface area contributed by atoms with Crippen LogP contribution in [-0.4, -0.2) is 0 Å². The van der Waals surface area contributed by atoms with Crippen LogP contribution < -0.4 is 4.57 Å². The van der Waals surface area contributed by atoms with Gasteiger partial charge in [-0.3, -0.25) is 0 Å². The predicted molar refractivity (Wildman–Crippen MR) is 118 cm³/mol. The lowest BCUT2D eigenvalue weighted by molar-refractivity contribution is -0.761. The van der Waals surface area contributed by atoms with Gasteiger partial charge in [-0.2, -0.15) is 4.57 Å². The molecule has 3 heterocycles. The maximum atomic E-state index is 4.30. The van der Waals surface area contributed by atoms with E-state index in [4.69, 9.17) is 0 Å². The zero-order chi connectivity index (χ0) is 19.4. The van der Waals surface area contributed by atoms with Crippen LogP contribution in [0.4, 0.5) is 0 Å². The molecular formula is C25H28NS+. The average molecular weight is 375 g/mol. The molecule has 2 heteroatoms. The number of aromatic nitrogens is 1. The summed E-state index contributed by atoms with van der Waals surface area (Å²) >= 11 is 1.92. The van der Waals surface area contributed by atoms with E-state index >= 15 is 0 Å². The van der Waals surface area contributed by atoms with Crippen molar-refractivity contribution in [2.45, 2.75) is 52.0 Å². The Bertz CT molecular complexity index is 1090. The van der Waals surface area contributed by atoms with Crippen LogP contribution in [0.1, 0.15) is 50.1 Å². The Kier molecular flexibility index (Phi) is 4.16. The van der Waals surface area contributed by atoms with Gasteiger partial charge in [-0.05, 0) is 49.4 Å². The average Bonchev–Trinajstić information content (AvgIpc) is 3.02. The maximum absolute atomic E-state index is 4.30. The lowest BCUT2D eigenvalue weighted by atomic mass is 9.62. The molecular weight excluding hydrogens is 346 g/mol. The summed E-state index contributed by atoms with van der Waals surface area (Å²) in [6, 6.07) is 11.0. The second-order valence-electron chi connectivity index (χ2n) is 7.95. The first-order valence-electron chi connectivity index (χ1n) is 9.77. The van der Waals surface area contributed by atoms with Crippen molar-refractivity contribution >= 4 is 28.2 Å². The van der Waals surface area contributed by atoms with Crippen LogP contribution in [0.2, 0.25) is 0 Å². The Morgan fingerprint density at radius 2 is 1.93 bits per heavy atom. The Balaban J connectivity index is 2.24. The summed E-state index contributed by atoms with van der Waals surface area (Å²) < 4.78 is 2.52. The number of pyridine rings is 1. The number of fused-ring (bicyclic) bond motifs is 5. The van der Waals surface area contributed by atoms with Crippen LogP contribution >= 0.6 is 11.3 Å². The third kappa shape index (κ3) is 2.20. The van der Waals surface area contributed by atoms with Gasteiger partial charge < -0.3 is 0 Å². The highest BCUT2D eigenvalue weighted by Gasteiger charge is 2.57. The van der Waals surface area contributed by atoms with Crippen molar-refractivity contribution in [3.63, 3.8) is 0 Å². The van der Waals surface area contributed by atoms with Crippen molar-refractivity contribution in [1.29, 1.82) is 0 Å². The molecule has 2 unspecified atom stereocenters. The topological polar surface area (TPSA) is 3.88 Å². The molecule has 3 aromatic rings. The third-order valence-electron chi connectivity index (χ3n) is 6.84. The van der Waals surface area contributed by atoms with E-state index in [1.807, 2.05) is 11.3 Å². The van der Waals surface area contributed by atoms with Gasteiger partial charge in [0.25, 0.3) is 0 Å². The Morgan fingerprint density at radius 3 is 2.59 bits per heavy atom. The highest BCUT2D eigenvalue weighted by atomic mass is 32.1. The molecule has 1 aromatic carbocycles. The molecule has 2 atom stereocenters. The summed E-state index contributed by atoms with van der Waals surface area (Å²) in [4.78, 5) is 2.75. The van der Waals surface area contributed by atoms with Crippen LogP contribution in [0.15, 0.2) is 55.3 Å². The normalized spacial score (nSPS) is 24.2. The summed E-state index contributed by atoms with van der Waals surface area (Å²) in [5.74, 6) is 0. The Labute approximate surface area is 166 Å². The van der Waals surface area contributed by atoms with Gasteiger partial charge in [0.2, 0.25) is 5.69 Å². The molecule has 0 saturated carbocycles. The van der Waals surface area contributed by atoms with Crippen molar-refractivity contribution in [1.82, 2.24) is 0 Å². The van der Waals surface area contributed by atoms with Crippen LogP contribution in [0, 0.1) is 6.92 Å². The van der Waals surface area contributed by atoms with Gasteiger partial charge in [-0.15, -0.1) is 17.9 Å². The minimum atomic E-state index is -0.127. The highest BCUT2D eigenvalue weighted by molar-refractivity contribution is 7.16. The van der Waals surface area contributed by atoms with E-state index in [1.165, 1.54) is 37.3 Å². The predicted octanol–water partition coefficient (Wildman–Crippen LogP) is 6.78. The monoisotopic (exact) mass is 374 g/mol. The summed E-state index contributed by atoms with van der Waals surface area (Å²) in [5, 5.41) is 2.63. The van der Waals surface area contributed by atoms with Gasteiger partial charge in [0, 0.05) is 24.3 Å². The molecule has 1 aliphatic rings. The van der Waals surface area contributed by atoms with Crippen molar-refractivity contribution in [3.05, 3.63) is 71.3 Å². The first-order valence-corrected chi connectivity index (χ1v) is 10.6. The Hall–Kier alpha value is -2.19. The van der Waals surface area contributed by atoms with E-state index in [9.17, 15) is 0 Å². The lowest BCUT2D eigenvalue weighted by Crippen LogP contribution is -2.67.